The molecule has 0 aromatic carbocycles. The summed E-state index contributed by atoms with van der Waals surface area (Å²) < 4.78 is 10.4. The van der Waals surface area contributed by atoms with Crippen LogP contribution in [0.25, 0.3) is 0 Å². The van der Waals surface area contributed by atoms with Crippen molar-refractivity contribution in [2.24, 2.45) is 5.73 Å². The lowest BCUT2D eigenvalue weighted by molar-refractivity contribution is -0.115. The molecule has 0 fully saturated rings. The van der Waals surface area contributed by atoms with E-state index in [1.165, 1.54) is 19.3 Å². The molecule has 0 saturated carbocycles. The minimum Gasteiger partial charge on any atom is -0.356 e. The molecule has 0 amide bonds. The Labute approximate surface area is 100 Å². The van der Waals surface area contributed by atoms with Crippen molar-refractivity contribution < 1.29 is 9.47 Å². The van der Waals surface area contributed by atoms with E-state index in [2.05, 4.69) is 18.9 Å². The molecule has 2 N–H and O–H groups in total. The van der Waals surface area contributed by atoms with Crippen LogP contribution in [0.1, 0.15) is 32.6 Å². The molecule has 4 heteroatoms. The minimum atomic E-state index is -0.151. The van der Waals surface area contributed by atoms with E-state index in [0.29, 0.717) is 12.6 Å². The van der Waals surface area contributed by atoms with E-state index in [1.807, 2.05) is 0 Å². The van der Waals surface area contributed by atoms with Gasteiger partial charge >= 0.3 is 0 Å². The van der Waals surface area contributed by atoms with Crippen LogP contribution in [0.2, 0.25) is 0 Å². The van der Waals surface area contributed by atoms with Gasteiger partial charge in [0.15, 0.2) is 6.29 Å². The van der Waals surface area contributed by atoms with Gasteiger partial charge < -0.3 is 20.1 Å². The van der Waals surface area contributed by atoms with E-state index >= 15 is 0 Å². The Balaban J connectivity index is 3.94. The van der Waals surface area contributed by atoms with E-state index < -0.39 is 0 Å². The van der Waals surface area contributed by atoms with Gasteiger partial charge in [-0.2, -0.15) is 0 Å². The van der Waals surface area contributed by atoms with E-state index in [9.17, 15) is 0 Å². The first-order valence-corrected chi connectivity index (χ1v) is 6.15. The first-order chi connectivity index (χ1) is 7.69. The third-order valence-electron chi connectivity index (χ3n) is 3.00. The SMILES string of the molecule is CCCCCN(C)C(CN)CC(OC)OC. The molecule has 0 aliphatic heterocycles. The molecule has 0 saturated heterocycles. The molecule has 0 radical (unpaired) electrons. The highest BCUT2D eigenvalue weighted by molar-refractivity contribution is 4.71. The van der Waals surface area contributed by atoms with Gasteiger partial charge in [-0.3, -0.25) is 0 Å². The summed E-state index contributed by atoms with van der Waals surface area (Å²) in [4.78, 5) is 2.31. The Hall–Kier alpha value is -0.160. The molecule has 1 atom stereocenters. The maximum absolute atomic E-state index is 5.78. The Kier molecular flexibility index (Phi) is 9.92. The number of nitrogens with two attached hydrogens (primary N) is 1. The smallest absolute Gasteiger partial charge is 0.158 e. The number of unbranched alkanes of at least 4 members (excludes halogenated alkanes) is 2. The minimum absolute atomic E-state index is 0.151. The lowest BCUT2D eigenvalue weighted by Gasteiger charge is -2.29. The van der Waals surface area contributed by atoms with Gasteiger partial charge in [-0.1, -0.05) is 19.8 Å². The van der Waals surface area contributed by atoms with Crippen LogP contribution < -0.4 is 5.73 Å². The molecule has 16 heavy (non-hydrogen) atoms. The van der Waals surface area contributed by atoms with Crippen molar-refractivity contribution >= 4 is 0 Å². The van der Waals surface area contributed by atoms with Crippen LogP contribution in [-0.2, 0) is 9.47 Å². The van der Waals surface area contributed by atoms with Crippen molar-refractivity contribution in [3.63, 3.8) is 0 Å². The second-order valence-corrected chi connectivity index (χ2v) is 4.21. The van der Waals surface area contributed by atoms with Crippen molar-refractivity contribution in [1.82, 2.24) is 4.90 Å². The predicted octanol–water partition coefficient (Wildman–Crippen LogP) is 1.44. The summed E-state index contributed by atoms with van der Waals surface area (Å²) in [6, 6.07) is 0.335. The zero-order chi connectivity index (χ0) is 12.4. The topological polar surface area (TPSA) is 47.7 Å². The van der Waals surface area contributed by atoms with Gasteiger partial charge in [0, 0.05) is 33.2 Å². The molecule has 0 rings (SSSR count). The lowest BCUT2D eigenvalue weighted by Crippen LogP contribution is -2.41. The number of nitrogens with zero attached hydrogens (tertiary/aromatic N) is 1. The molecule has 0 spiro atoms. The fraction of sp³-hybridized carbons (Fsp3) is 1.00. The third-order valence-corrected chi connectivity index (χ3v) is 3.00. The van der Waals surface area contributed by atoms with Gasteiger partial charge in [0.05, 0.1) is 0 Å². The van der Waals surface area contributed by atoms with Crippen molar-refractivity contribution in [3.8, 4) is 0 Å². The van der Waals surface area contributed by atoms with Gasteiger partial charge in [0.25, 0.3) is 0 Å². The summed E-state index contributed by atoms with van der Waals surface area (Å²) in [7, 11) is 5.45. The average Bonchev–Trinajstić information content (AvgIpc) is 2.31. The third kappa shape index (κ3) is 6.43. The number of likely N-dealkylation sites (N-methyl/N-ethyl adjacent to an activating group) is 1. The molecule has 0 heterocycles. The largest absolute Gasteiger partial charge is 0.356 e. The first-order valence-electron chi connectivity index (χ1n) is 6.15. The highest BCUT2D eigenvalue weighted by Crippen LogP contribution is 2.09. The second-order valence-electron chi connectivity index (χ2n) is 4.21. The number of methoxy groups -OCH3 is 2. The molecule has 0 bridgehead atoms. The molecule has 0 aromatic heterocycles. The molecule has 0 aliphatic rings. The second kappa shape index (κ2) is 10.0. The zero-order valence-corrected chi connectivity index (χ0v) is 11.2. The van der Waals surface area contributed by atoms with E-state index in [4.69, 9.17) is 15.2 Å². The van der Waals surface area contributed by atoms with Crippen LogP contribution in [0.5, 0.6) is 0 Å². The Morgan fingerprint density at radius 1 is 1.19 bits per heavy atom. The maximum atomic E-state index is 5.78. The summed E-state index contributed by atoms with van der Waals surface area (Å²) in [6.07, 6.45) is 4.43. The van der Waals surface area contributed by atoms with Gasteiger partial charge in [-0.25, -0.2) is 0 Å². The molecular formula is C12H28N2O2. The average molecular weight is 232 g/mol. The van der Waals surface area contributed by atoms with Gasteiger partial charge in [-0.05, 0) is 20.0 Å². The molecular weight excluding hydrogens is 204 g/mol. The van der Waals surface area contributed by atoms with Crippen molar-refractivity contribution in [2.45, 2.75) is 44.9 Å². The van der Waals surface area contributed by atoms with Crippen LogP contribution in [-0.4, -0.2) is 51.6 Å². The summed E-state index contributed by atoms with van der Waals surface area (Å²) in [5, 5.41) is 0. The van der Waals surface area contributed by atoms with E-state index in [1.54, 1.807) is 14.2 Å². The Bertz CT molecular complexity index is 152. The fourth-order valence-electron chi connectivity index (χ4n) is 1.76. The van der Waals surface area contributed by atoms with Crippen LogP contribution in [0, 0.1) is 0 Å². The fourth-order valence-corrected chi connectivity index (χ4v) is 1.76. The number of rotatable bonds is 10. The van der Waals surface area contributed by atoms with Crippen LogP contribution in [0.4, 0.5) is 0 Å². The summed E-state index contributed by atoms with van der Waals surface area (Å²) in [6.45, 7) is 3.95. The number of ether oxygens (including phenoxy) is 2. The quantitative estimate of drug-likeness (QED) is 0.457. The highest BCUT2D eigenvalue weighted by Gasteiger charge is 2.18. The molecule has 0 aromatic rings. The summed E-state index contributed by atoms with van der Waals surface area (Å²) in [5.74, 6) is 0. The Morgan fingerprint density at radius 2 is 1.81 bits per heavy atom. The number of hydrogen-bond acceptors (Lipinski definition) is 4. The van der Waals surface area contributed by atoms with Crippen LogP contribution in [0.15, 0.2) is 0 Å². The molecule has 1 unspecified atom stereocenters. The molecule has 4 nitrogen and oxygen atoms in total. The van der Waals surface area contributed by atoms with Crippen LogP contribution >= 0.6 is 0 Å². The van der Waals surface area contributed by atoms with Gasteiger partial charge in [0.2, 0.25) is 0 Å². The van der Waals surface area contributed by atoms with Gasteiger partial charge in [0.1, 0.15) is 0 Å². The maximum Gasteiger partial charge on any atom is 0.158 e. The lowest BCUT2D eigenvalue weighted by atomic mass is 10.1. The zero-order valence-electron chi connectivity index (χ0n) is 11.2. The first kappa shape index (κ1) is 15.8. The normalized spacial score (nSPS) is 13.7. The summed E-state index contributed by atoms with van der Waals surface area (Å²) in [5.41, 5.74) is 5.78. The highest BCUT2D eigenvalue weighted by atomic mass is 16.7. The molecule has 98 valence electrons. The van der Waals surface area contributed by atoms with Crippen molar-refractivity contribution in [1.29, 1.82) is 0 Å². The predicted molar refractivity (Wildman–Crippen MR) is 67.4 cm³/mol. The number of hydrogen-bond donors (Lipinski definition) is 1. The van der Waals surface area contributed by atoms with Crippen molar-refractivity contribution in [2.75, 3.05) is 34.4 Å². The standard InChI is InChI=1S/C12H28N2O2/c1-5-6-7-8-14(2)11(10-13)9-12(15-3)16-4/h11-12H,5-10,13H2,1-4H3. The van der Waals surface area contributed by atoms with Crippen LogP contribution in [0.3, 0.4) is 0 Å². The van der Waals surface area contributed by atoms with E-state index in [0.717, 1.165) is 13.0 Å². The van der Waals surface area contributed by atoms with Crippen molar-refractivity contribution in [3.05, 3.63) is 0 Å². The monoisotopic (exact) mass is 232 g/mol. The van der Waals surface area contributed by atoms with Gasteiger partial charge in [-0.15, -0.1) is 0 Å². The Morgan fingerprint density at radius 3 is 2.25 bits per heavy atom. The van der Waals surface area contributed by atoms with E-state index in [-0.39, 0.29) is 6.29 Å². The molecule has 0 aliphatic carbocycles. The summed E-state index contributed by atoms with van der Waals surface area (Å²) >= 11 is 0.